The average Bonchev–Trinajstić information content (AvgIpc) is 2.26. The van der Waals surface area contributed by atoms with Gasteiger partial charge in [0.05, 0.1) is 0 Å². The molecule has 0 fully saturated rings. The minimum absolute atomic E-state index is 0.825. The summed E-state index contributed by atoms with van der Waals surface area (Å²) < 4.78 is 19.7. The first kappa shape index (κ1) is 24.7. The highest BCUT2D eigenvalue weighted by Crippen LogP contribution is 2.33. The van der Waals surface area contributed by atoms with E-state index in [1.165, 1.54) is 25.7 Å². The van der Waals surface area contributed by atoms with Crippen molar-refractivity contribution in [2.75, 3.05) is 0 Å². The molecule has 0 rings (SSSR count). The van der Waals surface area contributed by atoms with Crippen LogP contribution in [0.5, 0.6) is 0 Å². The highest BCUT2D eigenvalue weighted by Gasteiger charge is 2.44. The van der Waals surface area contributed by atoms with Crippen molar-refractivity contribution in [2.45, 2.75) is 109 Å². The lowest BCUT2D eigenvalue weighted by Crippen LogP contribution is -2.55. The normalized spacial score (nSPS) is 14.2. The first-order valence-corrected chi connectivity index (χ1v) is 20.4. The Kier molecular flexibility index (Phi) is 10.5. The second kappa shape index (κ2) is 10.2. The fraction of sp³-hybridized carbons (Fsp3) is 1.00. The van der Waals surface area contributed by atoms with Crippen molar-refractivity contribution in [1.29, 1.82) is 0 Å². The van der Waals surface area contributed by atoms with Crippen molar-refractivity contribution in [3.63, 3.8) is 0 Å². The van der Waals surface area contributed by atoms with Crippen molar-refractivity contribution in [3.8, 4) is 0 Å². The molecule has 143 valence electrons. The summed E-state index contributed by atoms with van der Waals surface area (Å²) in [5.74, 6) is -0.825. The molecular formula is C17H41O3Si4. The molecule has 0 aliphatic rings. The Morgan fingerprint density at radius 2 is 0.917 bits per heavy atom. The highest BCUT2D eigenvalue weighted by atomic mass is 28.4. The highest BCUT2D eigenvalue weighted by molar-refractivity contribution is 6.72. The Morgan fingerprint density at radius 1 is 0.583 bits per heavy atom. The zero-order chi connectivity index (χ0) is 19.1. The van der Waals surface area contributed by atoms with Gasteiger partial charge in [0, 0.05) is 16.7 Å². The summed E-state index contributed by atoms with van der Waals surface area (Å²) in [7, 11) is -1.81. The van der Waals surface area contributed by atoms with Crippen LogP contribution in [0, 0.1) is 0 Å². The molecule has 0 spiro atoms. The predicted molar refractivity (Wildman–Crippen MR) is 114 cm³/mol. The van der Waals surface area contributed by atoms with Gasteiger partial charge >= 0.3 is 0 Å². The SMILES string of the molecule is C[Si](C)(C)OC(CCCCCCC[Si])(O[Si](C)(C)C)O[Si](C)(C)C. The maximum absolute atomic E-state index is 6.56. The zero-order valence-corrected chi connectivity index (χ0v) is 21.7. The van der Waals surface area contributed by atoms with E-state index in [2.05, 4.69) is 69.2 Å². The molecule has 0 saturated heterocycles. The van der Waals surface area contributed by atoms with Crippen LogP contribution in [0.4, 0.5) is 0 Å². The Hall–Kier alpha value is 0.748. The molecule has 0 aliphatic carbocycles. The minimum Gasteiger partial charge on any atom is -0.371 e. The van der Waals surface area contributed by atoms with Crippen LogP contribution < -0.4 is 0 Å². The first-order valence-electron chi connectivity index (χ1n) is 9.43. The third-order valence-electron chi connectivity index (χ3n) is 3.04. The van der Waals surface area contributed by atoms with Gasteiger partial charge < -0.3 is 13.3 Å². The van der Waals surface area contributed by atoms with Gasteiger partial charge in [-0.15, -0.1) is 0 Å². The topological polar surface area (TPSA) is 27.7 Å². The van der Waals surface area contributed by atoms with Crippen molar-refractivity contribution in [3.05, 3.63) is 0 Å². The zero-order valence-electron chi connectivity index (χ0n) is 17.7. The van der Waals surface area contributed by atoms with Crippen molar-refractivity contribution >= 4 is 35.2 Å². The molecule has 0 heterocycles. The maximum atomic E-state index is 6.56. The lowest BCUT2D eigenvalue weighted by atomic mass is 10.1. The molecule has 0 bridgehead atoms. The fourth-order valence-corrected chi connectivity index (χ4v) is 6.47. The fourth-order valence-electron chi connectivity index (χ4n) is 2.61. The van der Waals surface area contributed by atoms with Gasteiger partial charge in [0.25, 0.3) is 5.97 Å². The van der Waals surface area contributed by atoms with Crippen molar-refractivity contribution in [1.82, 2.24) is 0 Å². The van der Waals surface area contributed by atoms with Crippen LogP contribution in [0.3, 0.4) is 0 Å². The molecule has 0 aromatic heterocycles. The molecule has 7 heteroatoms. The quantitative estimate of drug-likeness (QED) is 0.210. The molecule has 0 aromatic carbocycles. The molecule has 0 aliphatic heterocycles. The molecule has 0 saturated carbocycles. The Morgan fingerprint density at radius 3 is 1.25 bits per heavy atom. The predicted octanol–water partition coefficient (Wildman–Crippen LogP) is 6.12. The summed E-state index contributed by atoms with van der Waals surface area (Å²) in [5, 5.41) is 0. The van der Waals surface area contributed by atoms with Gasteiger partial charge in [-0.1, -0.05) is 31.7 Å². The van der Waals surface area contributed by atoms with E-state index in [9.17, 15) is 0 Å². The third-order valence-corrected chi connectivity index (χ3v) is 6.17. The molecule has 0 N–H and O–H groups in total. The van der Waals surface area contributed by atoms with Crippen LogP contribution in [0.2, 0.25) is 65.0 Å². The van der Waals surface area contributed by atoms with Crippen LogP contribution in [-0.2, 0) is 13.3 Å². The molecule has 0 aromatic rings. The van der Waals surface area contributed by atoms with Gasteiger partial charge in [0.1, 0.15) is 0 Å². The monoisotopic (exact) mass is 405 g/mol. The smallest absolute Gasteiger partial charge is 0.254 e. The molecule has 0 unspecified atom stereocenters. The van der Waals surface area contributed by atoms with E-state index in [-0.39, 0.29) is 0 Å². The van der Waals surface area contributed by atoms with Crippen LogP contribution in [-0.4, -0.2) is 41.2 Å². The van der Waals surface area contributed by atoms with Crippen LogP contribution in [0.15, 0.2) is 0 Å². The Bertz CT molecular complexity index is 302. The Balaban J connectivity index is 5.10. The first-order chi connectivity index (χ1) is 10.7. The van der Waals surface area contributed by atoms with E-state index in [0.29, 0.717) is 0 Å². The standard InChI is InChI=1S/C17H41O3Si4/c1-22(2,3)18-17(19-23(4,5)6,20-24(7,8)9)15-13-11-10-12-14-16-21/h10-16H2,1-9H3. The number of rotatable bonds is 13. The van der Waals surface area contributed by atoms with Gasteiger partial charge in [-0.05, 0) is 65.3 Å². The second-order valence-corrected chi connectivity index (χ2v) is 23.4. The molecular weight excluding hydrogens is 365 g/mol. The summed E-state index contributed by atoms with van der Waals surface area (Å²) in [6.07, 6.45) is 6.97. The van der Waals surface area contributed by atoms with E-state index in [1.54, 1.807) is 0 Å². The Labute approximate surface area is 158 Å². The molecule has 3 radical (unpaired) electrons. The lowest BCUT2D eigenvalue weighted by Gasteiger charge is -2.45. The van der Waals surface area contributed by atoms with Gasteiger partial charge in [-0.25, -0.2) is 0 Å². The molecule has 3 nitrogen and oxygen atoms in total. The summed E-state index contributed by atoms with van der Waals surface area (Å²) in [6, 6.07) is 1.10. The van der Waals surface area contributed by atoms with E-state index in [1.807, 2.05) is 0 Å². The van der Waals surface area contributed by atoms with Gasteiger partial charge in [-0.2, -0.15) is 0 Å². The molecule has 0 amide bonds. The van der Waals surface area contributed by atoms with E-state index in [0.717, 1.165) is 18.9 Å². The van der Waals surface area contributed by atoms with Crippen LogP contribution in [0.25, 0.3) is 0 Å². The molecule has 0 atom stereocenters. The van der Waals surface area contributed by atoms with Crippen molar-refractivity contribution < 1.29 is 13.3 Å². The van der Waals surface area contributed by atoms with Gasteiger partial charge in [-0.3, -0.25) is 0 Å². The third kappa shape index (κ3) is 14.0. The summed E-state index contributed by atoms with van der Waals surface area (Å²) in [5.41, 5.74) is 0. The molecule has 24 heavy (non-hydrogen) atoms. The average molecular weight is 406 g/mol. The van der Waals surface area contributed by atoms with Gasteiger partial charge in [0.15, 0.2) is 25.0 Å². The van der Waals surface area contributed by atoms with E-state index in [4.69, 9.17) is 13.3 Å². The van der Waals surface area contributed by atoms with E-state index < -0.39 is 30.9 Å². The van der Waals surface area contributed by atoms with Gasteiger partial charge in [0.2, 0.25) is 0 Å². The minimum atomic E-state index is -1.79. The summed E-state index contributed by atoms with van der Waals surface area (Å²) in [4.78, 5) is 0. The second-order valence-electron chi connectivity index (χ2n) is 9.59. The maximum Gasteiger partial charge on any atom is 0.254 e. The number of hydrogen-bond acceptors (Lipinski definition) is 3. The number of hydrogen-bond donors (Lipinski definition) is 0. The van der Waals surface area contributed by atoms with E-state index >= 15 is 0 Å². The lowest BCUT2D eigenvalue weighted by molar-refractivity contribution is -0.274. The van der Waals surface area contributed by atoms with Crippen LogP contribution >= 0.6 is 0 Å². The number of unbranched alkanes of at least 4 members (excludes halogenated alkanes) is 4. The van der Waals surface area contributed by atoms with Crippen LogP contribution in [0.1, 0.15) is 38.5 Å². The van der Waals surface area contributed by atoms with Crippen molar-refractivity contribution in [2.24, 2.45) is 0 Å². The largest absolute Gasteiger partial charge is 0.371 e. The summed E-state index contributed by atoms with van der Waals surface area (Å²) >= 11 is 0. The summed E-state index contributed by atoms with van der Waals surface area (Å²) in [6.45, 7) is 20.0.